The Balaban J connectivity index is 1.60. The van der Waals surface area contributed by atoms with Crippen LogP contribution in [0.25, 0.3) is 22.3 Å². The lowest BCUT2D eigenvalue weighted by Gasteiger charge is -2.12. The Morgan fingerprint density at radius 3 is 2.69 bits per heavy atom. The van der Waals surface area contributed by atoms with Gasteiger partial charge in [0.25, 0.3) is 0 Å². The highest BCUT2D eigenvalue weighted by molar-refractivity contribution is 7.99. The summed E-state index contributed by atoms with van der Waals surface area (Å²) in [5, 5.41) is 10.0. The van der Waals surface area contributed by atoms with Gasteiger partial charge in [0.2, 0.25) is 0 Å². The highest BCUT2D eigenvalue weighted by Crippen LogP contribution is 2.28. The van der Waals surface area contributed by atoms with Crippen molar-refractivity contribution in [3.05, 3.63) is 66.1 Å². The molecule has 0 aliphatic carbocycles. The maximum atomic E-state index is 14.3. The third-order valence-corrected chi connectivity index (χ3v) is 5.57. The van der Waals surface area contributed by atoms with E-state index in [1.807, 2.05) is 28.8 Å². The number of carbonyl (C=O) groups is 1. The number of thioether (sulfide) groups is 1. The largest absolute Gasteiger partial charge is 0.360 e. The van der Waals surface area contributed by atoms with Crippen molar-refractivity contribution in [3.63, 3.8) is 0 Å². The lowest BCUT2D eigenvalue weighted by atomic mass is 10.1. The SMILES string of the molecule is CC(C)Cn1c(SCC(=O)c2c[nH]c3ccccc23)nnc1-c1ccccc1F. The molecule has 7 heteroatoms. The molecule has 2 aromatic heterocycles. The second-order valence-corrected chi connectivity index (χ2v) is 8.19. The van der Waals surface area contributed by atoms with Gasteiger partial charge in [-0.1, -0.05) is 55.9 Å². The Labute approximate surface area is 172 Å². The van der Waals surface area contributed by atoms with Gasteiger partial charge in [-0.25, -0.2) is 4.39 Å². The smallest absolute Gasteiger partial charge is 0.191 e. The molecule has 0 unspecified atom stereocenters. The molecule has 0 saturated heterocycles. The fourth-order valence-corrected chi connectivity index (χ4v) is 4.11. The van der Waals surface area contributed by atoms with E-state index in [0.29, 0.717) is 34.6 Å². The van der Waals surface area contributed by atoms with E-state index in [1.165, 1.54) is 17.8 Å². The maximum Gasteiger partial charge on any atom is 0.191 e. The Hall–Kier alpha value is -2.93. The van der Waals surface area contributed by atoms with E-state index in [2.05, 4.69) is 29.0 Å². The average molecular weight is 409 g/mol. The number of rotatable bonds is 7. The van der Waals surface area contributed by atoms with Gasteiger partial charge in [0.15, 0.2) is 16.8 Å². The third kappa shape index (κ3) is 3.96. The predicted octanol–water partition coefficient (Wildman–Crippen LogP) is 5.20. The third-order valence-electron chi connectivity index (χ3n) is 4.60. The number of carbonyl (C=O) groups excluding carboxylic acids is 1. The van der Waals surface area contributed by atoms with Gasteiger partial charge < -0.3 is 9.55 Å². The van der Waals surface area contributed by atoms with Crippen LogP contribution in [0.4, 0.5) is 4.39 Å². The van der Waals surface area contributed by atoms with Crippen molar-refractivity contribution in [1.82, 2.24) is 19.7 Å². The molecule has 0 spiro atoms. The van der Waals surface area contributed by atoms with Crippen molar-refractivity contribution in [1.29, 1.82) is 0 Å². The number of hydrogen-bond acceptors (Lipinski definition) is 4. The number of Topliss-reactive ketones (excluding diaryl/α,β-unsaturated/α-hetero) is 1. The summed E-state index contributed by atoms with van der Waals surface area (Å²) >= 11 is 1.33. The number of fused-ring (bicyclic) bond motifs is 1. The number of hydrogen-bond donors (Lipinski definition) is 1. The first kappa shape index (κ1) is 19.4. The molecule has 0 radical (unpaired) electrons. The fourth-order valence-electron chi connectivity index (χ4n) is 3.28. The van der Waals surface area contributed by atoms with Crippen molar-refractivity contribution < 1.29 is 9.18 Å². The van der Waals surface area contributed by atoms with Crippen molar-refractivity contribution in [2.45, 2.75) is 25.5 Å². The number of aromatic nitrogens is 4. The minimum atomic E-state index is -0.337. The molecule has 4 aromatic rings. The number of ketones is 1. The van der Waals surface area contributed by atoms with E-state index < -0.39 is 0 Å². The summed E-state index contributed by atoms with van der Waals surface area (Å²) in [6.45, 7) is 4.80. The molecule has 0 atom stereocenters. The van der Waals surface area contributed by atoms with Crippen LogP contribution in [0.15, 0.2) is 59.9 Å². The van der Waals surface area contributed by atoms with Crippen LogP contribution in [0.5, 0.6) is 0 Å². The first-order valence-electron chi connectivity index (χ1n) is 9.45. The van der Waals surface area contributed by atoms with Crippen molar-refractivity contribution >= 4 is 28.4 Å². The van der Waals surface area contributed by atoms with Gasteiger partial charge in [0.05, 0.1) is 11.3 Å². The Morgan fingerprint density at radius 1 is 1.14 bits per heavy atom. The van der Waals surface area contributed by atoms with E-state index in [9.17, 15) is 9.18 Å². The number of nitrogens with one attached hydrogen (secondary N) is 1. The molecule has 0 aliphatic rings. The first-order chi connectivity index (χ1) is 14.0. The van der Waals surface area contributed by atoms with E-state index in [4.69, 9.17) is 0 Å². The Kier molecular flexibility index (Phi) is 5.49. The molecule has 2 aromatic carbocycles. The standard InChI is InChI=1S/C22H21FN4OS/c1-14(2)12-27-21(16-8-3-5-9-18(16)23)25-26-22(27)29-13-20(28)17-11-24-19-10-6-4-7-15(17)19/h3-11,14,24H,12-13H2,1-2H3. The number of nitrogens with zero attached hydrogens (tertiary/aromatic N) is 3. The molecule has 0 fully saturated rings. The average Bonchev–Trinajstić information content (AvgIpc) is 3.30. The van der Waals surface area contributed by atoms with E-state index >= 15 is 0 Å². The monoisotopic (exact) mass is 408 g/mol. The zero-order chi connectivity index (χ0) is 20.4. The topological polar surface area (TPSA) is 63.6 Å². The summed E-state index contributed by atoms with van der Waals surface area (Å²) in [7, 11) is 0. The fraction of sp³-hybridized carbons (Fsp3) is 0.227. The van der Waals surface area contributed by atoms with Gasteiger partial charge in [0, 0.05) is 29.2 Å². The van der Waals surface area contributed by atoms with Crippen molar-refractivity contribution in [2.24, 2.45) is 5.92 Å². The molecule has 4 rings (SSSR count). The van der Waals surface area contributed by atoms with Crippen molar-refractivity contribution in [2.75, 3.05) is 5.75 Å². The molecular formula is C22H21FN4OS. The minimum absolute atomic E-state index is 0.0130. The van der Waals surface area contributed by atoms with Crippen LogP contribution in [0, 0.1) is 11.7 Å². The van der Waals surface area contributed by atoms with Crippen LogP contribution < -0.4 is 0 Å². The number of aromatic amines is 1. The summed E-state index contributed by atoms with van der Waals surface area (Å²) in [5.41, 5.74) is 2.01. The lowest BCUT2D eigenvalue weighted by molar-refractivity contribution is 0.102. The molecular weight excluding hydrogens is 387 g/mol. The van der Waals surface area contributed by atoms with Crippen LogP contribution in [0.2, 0.25) is 0 Å². The van der Waals surface area contributed by atoms with Crippen LogP contribution in [0.1, 0.15) is 24.2 Å². The molecule has 5 nitrogen and oxygen atoms in total. The van der Waals surface area contributed by atoms with Crippen LogP contribution in [-0.4, -0.2) is 31.3 Å². The van der Waals surface area contributed by atoms with Crippen LogP contribution in [-0.2, 0) is 6.54 Å². The molecule has 0 saturated carbocycles. The van der Waals surface area contributed by atoms with Gasteiger partial charge in [-0.15, -0.1) is 10.2 Å². The van der Waals surface area contributed by atoms with Gasteiger partial charge >= 0.3 is 0 Å². The second-order valence-electron chi connectivity index (χ2n) is 7.25. The Bertz CT molecular complexity index is 1160. The van der Waals surface area contributed by atoms with Crippen LogP contribution in [0.3, 0.4) is 0 Å². The van der Waals surface area contributed by atoms with Gasteiger partial charge in [-0.3, -0.25) is 4.79 Å². The highest BCUT2D eigenvalue weighted by Gasteiger charge is 2.20. The lowest BCUT2D eigenvalue weighted by Crippen LogP contribution is -2.09. The quantitative estimate of drug-likeness (QED) is 0.337. The molecule has 2 heterocycles. The summed E-state index contributed by atoms with van der Waals surface area (Å²) < 4.78 is 16.2. The maximum absolute atomic E-state index is 14.3. The molecule has 0 bridgehead atoms. The number of H-pyrrole nitrogens is 1. The molecule has 1 N–H and O–H groups in total. The number of benzene rings is 2. The second kappa shape index (κ2) is 8.21. The van der Waals surface area contributed by atoms with E-state index in [-0.39, 0.29) is 17.4 Å². The molecule has 0 amide bonds. The zero-order valence-corrected chi connectivity index (χ0v) is 17.0. The van der Waals surface area contributed by atoms with Gasteiger partial charge in [-0.2, -0.15) is 0 Å². The normalized spacial score (nSPS) is 11.4. The predicted molar refractivity (Wildman–Crippen MR) is 114 cm³/mol. The van der Waals surface area contributed by atoms with E-state index in [1.54, 1.807) is 24.4 Å². The summed E-state index contributed by atoms with van der Waals surface area (Å²) in [5.74, 6) is 0.712. The first-order valence-corrected chi connectivity index (χ1v) is 10.4. The highest BCUT2D eigenvalue weighted by atomic mass is 32.2. The molecule has 0 aliphatic heterocycles. The number of halogens is 1. The van der Waals surface area contributed by atoms with Crippen LogP contribution >= 0.6 is 11.8 Å². The Morgan fingerprint density at radius 2 is 1.90 bits per heavy atom. The zero-order valence-electron chi connectivity index (χ0n) is 16.2. The minimum Gasteiger partial charge on any atom is -0.360 e. The summed E-state index contributed by atoms with van der Waals surface area (Å²) in [6, 6.07) is 14.3. The number of para-hydroxylation sites is 1. The molecule has 148 valence electrons. The van der Waals surface area contributed by atoms with E-state index in [0.717, 1.165) is 10.9 Å². The van der Waals surface area contributed by atoms with Crippen molar-refractivity contribution in [3.8, 4) is 11.4 Å². The van der Waals surface area contributed by atoms with Gasteiger partial charge in [0.1, 0.15) is 5.82 Å². The summed E-state index contributed by atoms with van der Waals surface area (Å²) in [6.07, 6.45) is 1.75. The molecule has 29 heavy (non-hydrogen) atoms. The van der Waals surface area contributed by atoms with Gasteiger partial charge in [-0.05, 0) is 24.1 Å². The summed E-state index contributed by atoms with van der Waals surface area (Å²) in [4.78, 5) is 15.9.